The van der Waals surface area contributed by atoms with E-state index in [4.69, 9.17) is 5.11 Å². The number of hydrogen-bond donors (Lipinski definition) is 2. The molecule has 20 heavy (non-hydrogen) atoms. The first-order valence-electron chi connectivity index (χ1n) is 6.47. The lowest BCUT2D eigenvalue weighted by Crippen LogP contribution is -2.28. The fraction of sp³-hybridized carbons (Fsp3) is 0.429. The van der Waals surface area contributed by atoms with Gasteiger partial charge in [-0.2, -0.15) is 0 Å². The smallest absolute Gasteiger partial charge is 0.303 e. The molecule has 0 aliphatic carbocycles. The second-order valence-corrected chi connectivity index (χ2v) is 5.86. The van der Waals surface area contributed by atoms with Crippen LogP contribution in [0.4, 0.5) is 0 Å². The first-order valence-corrected chi connectivity index (χ1v) is 7.26. The van der Waals surface area contributed by atoms with E-state index in [1.807, 2.05) is 0 Å². The van der Waals surface area contributed by atoms with Crippen LogP contribution in [0, 0.1) is 5.92 Å². The molecule has 1 amide bonds. The number of rotatable bonds is 4. The summed E-state index contributed by atoms with van der Waals surface area (Å²) in [4.78, 5) is 24.5. The summed E-state index contributed by atoms with van der Waals surface area (Å²) in [5.74, 6) is -0.630. The minimum Gasteiger partial charge on any atom is -0.507 e. The third-order valence-corrected chi connectivity index (χ3v) is 4.20. The Bertz CT molecular complexity index is 532. The Morgan fingerprint density at radius 2 is 2.15 bits per heavy atom. The van der Waals surface area contributed by atoms with E-state index in [1.165, 1.54) is 6.07 Å². The van der Waals surface area contributed by atoms with E-state index in [-0.39, 0.29) is 24.0 Å². The highest BCUT2D eigenvalue weighted by molar-refractivity contribution is 9.10. The number of halogens is 1. The van der Waals surface area contributed by atoms with E-state index >= 15 is 0 Å². The second-order valence-electron chi connectivity index (χ2n) is 5.00. The molecule has 2 rings (SSSR count). The molecule has 1 aromatic carbocycles. The zero-order valence-electron chi connectivity index (χ0n) is 10.9. The van der Waals surface area contributed by atoms with E-state index in [1.54, 1.807) is 17.0 Å². The predicted molar refractivity (Wildman–Crippen MR) is 76.7 cm³/mol. The molecule has 1 atom stereocenters. The van der Waals surface area contributed by atoms with Crippen LogP contribution in [0.1, 0.15) is 29.6 Å². The molecule has 5 nitrogen and oxygen atoms in total. The lowest BCUT2D eigenvalue weighted by molar-refractivity contribution is -0.137. The van der Waals surface area contributed by atoms with E-state index in [9.17, 15) is 14.7 Å². The fourth-order valence-corrected chi connectivity index (χ4v) is 2.66. The monoisotopic (exact) mass is 341 g/mol. The number of likely N-dealkylation sites (tertiary alicyclic amines) is 1. The topological polar surface area (TPSA) is 77.8 Å². The van der Waals surface area contributed by atoms with Crippen LogP contribution < -0.4 is 0 Å². The lowest BCUT2D eigenvalue weighted by atomic mass is 10.0. The average molecular weight is 342 g/mol. The summed E-state index contributed by atoms with van der Waals surface area (Å²) in [6.45, 7) is 1.23. The van der Waals surface area contributed by atoms with Gasteiger partial charge in [-0.3, -0.25) is 9.59 Å². The summed E-state index contributed by atoms with van der Waals surface area (Å²) in [6.07, 6.45) is 1.58. The number of aliphatic carboxylic acids is 1. The van der Waals surface area contributed by atoms with Crippen molar-refractivity contribution in [2.45, 2.75) is 19.3 Å². The van der Waals surface area contributed by atoms with Gasteiger partial charge in [0.15, 0.2) is 0 Å². The number of benzene rings is 1. The van der Waals surface area contributed by atoms with Crippen molar-refractivity contribution in [1.29, 1.82) is 0 Å². The predicted octanol–water partition coefficient (Wildman–Crippen LogP) is 2.48. The summed E-state index contributed by atoms with van der Waals surface area (Å²) >= 11 is 3.18. The molecular formula is C14H16BrNO4. The summed E-state index contributed by atoms with van der Waals surface area (Å²) < 4.78 is 0.551. The Labute approximate surface area is 125 Å². The van der Waals surface area contributed by atoms with Gasteiger partial charge in [-0.1, -0.05) is 0 Å². The standard InChI is InChI=1S/C14H16BrNO4/c15-11-3-2-10(7-12(11)17)14(20)16-6-5-9(8-16)1-4-13(18)19/h2-3,7,9,17H,1,4-6,8H2,(H,18,19). The number of aromatic hydroxyl groups is 1. The van der Waals surface area contributed by atoms with Gasteiger partial charge in [-0.05, 0) is 52.9 Å². The number of nitrogens with zero attached hydrogens (tertiary/aromatic N) is 1. The van der Waals surface area contributed by atoms with Crippen LogP contribution in [0.25, 0.3) is 0 Å². The van der Waals surface area contributed by atoms with Gasteiger partial charge in [0.25, 0.3) is 5.91 Å². The van der Waals surface area contributed by atoms with Crippen LogP contribution in [0.5, 0.6) is 5.75 Å². The van der Waals surface area contributed by atoms with Crippen LogP contribution in [-0.4, -0.2) is 40.1 Å². The maximum atomic E-state index is 12.3. The molecule has 1 heterocycles. The molecule has 1 aliphatic rings. The molecule has 1 saturated heterocycles. The van der Waals surface area contributed by atoms with Gasteiger partial charge >= 0.3 is 5.97 Å². The van der Waals surface area contributed by atoms with Crippen molar-refractivity contribution in [2.24, 2.45) is 5.92 Å². The molecule has 108 valence electrons. The number of amides is 1. The van der Waals surface area contributed by atoms with E-state index < -0.39 is 5.97 Å². The number of carboxylic acid groups (broad SMARTS) is 1. The molecular weight excluding hydrogens is 326 g/mol. The molecule has 1 aliphatic heterocycles. The summed E-state index contributed by atoms with van der Waals surface area (Å²) in [6, 6.07) is 4.74. The third kappa shape index (κ3) is 3.50. The maximum Gasteiger partial charge on any atom is 0.303 e. The Balaban J connectivity index is 1.97. The summed E-state index contributed by atoms with van der Waals surface area (Å²) in [5.41, 5.74) is 0.449. The van der Waals surface area contributed by atoms with Crippen molar-refractivity contribution in [1.82, 2.24) is 4.90 Å². The van der Waals surface area contributed by atoms with Crippen LogP contribution >= 0.6 is 15.9 Å². The molecule has 0 bridgehead atoms. The van der Waals surface area contributed by atoms with Crippen molar-refractivity contribution in [2.75, 3.05) is 13.1 Å². The minimum absolute atomic E-state index is 0.0393. The molecule has 0 aromatic heterocycles. The van der Waals surface area contributed by atoms with E-state index in [0.717, 1.165) is 6.42 Å². The van der Waals surface area contributed by atoms with Gasteiger partial charge in [0.1, 0.15) is 5.75 Å². The highest BCUT2D eigenvalue weighted by Gasteiger charge is 2.27. The van der Waals surface area contributed by atoms with Crippen molar-refractivity contribution in [3.8, 4) is 5.75 Å². The number of carbonyl (C=O) groups is 2. The Morgan fingerprint density at radius 3 is 2.80 bits per heavy atom. The Morgan fingerprint density at radius 1 is 1.40 bits per heavy atom. The van der Waals surface area contributed by atoms with Gasteiger partial charge in [0.05, 0.1) is 4.47 Å². The number of carbonyl (C=O) groups excluding carboxylic acids is 1. The highest BCUT2D eigenvalue weighted by atomic mass is 79.9. The zero-order chi connectivity index (χ0) is 14.7. The first kappa shape index (κ1) is 14.8. The van der Waals surface area contributed by atoms with Gasteiger partial charge in [0.2, 0.25) is 0 Å². The van der Waals surface area contributed by atoms with Crippen molar-refractivity contribution >= 4 is 27.8 Å². The quantitative estimate of drug-likeness (QED) is 0.881. The zero-order valence-corrected chi connectivity index (χ0v) is 12.5. The SMILES string of the molecule is O=C(O)CCC1CCN(C(=O)c2ccc(Br)c(O)c2)C1. The number of phenolic OH excluding ortho intramolecular Hbond substituents is 1. The van der Waals surface area contributed by atoms with E-state index in [2.05, 4.69) is 15.9 Å². The molecule has 1 fully saturated rings. The first-order chi connectivity index (χ1) is 9.47. The average Bonchev–Trinajstić information content (AvgIpc) is 2.87. The number of hydrogen-bond acceptors (Lipinski definition) is 3. The van der Waals surface area contributed by atoms with E-state index in [0.29, 0.717) is 29.5 Å². The maximum absolute atomic E-state index is 12.3. The minimum atomic E-state index is -0.799. The van der Waals surface area contributed by atoms with Crippen molar-refractivity contribution < 1.29 is 19.8 Å². The molecule has 0 radical (unpaired) electrons. The lowest BCUT2D eigenvalue weighted by Gasteiger charge is -2.16. The molecule has 6 heteroatoms. The van der Waals surface area contributed by atoms with Crippen LogP contribution in [-0.2, 0) is 4.79 Å². The van der Waals surface area contributed by atoms with Crippen LogP contribution in [0.15, 0.2) is 22.7 Å². The largest absolute Gasteiger partial charge is 0.507 e. The normalized spacial score (nSPS) is 18.2. The second kappa shape index (κ2) is 6.26. The number of phenols is 1. The van der Waals surface area contributed by atoms with Gasteiger partial charge in [-0.15, -0.1) is 0 Å². The summed E-state index contributed by atoms with van der Waals surface area (Å²) in [5, 5.41) is 18.3. The molecule has 0 saturated carbocycles. The van der Waals surface area contributed by atoms with Gasteiger partial charge in [0, 0.05) is 25.1 Å². The molecule has 1 aromatic rings. The Kier molecular flexibility index (Phi) is 4.65. The third-order valence-electron chi connectivity index (χ3n) is 3.53. The van der Waals surface area contributed by atoms with Crippen molar-refractivity contribution in [3.05, 3.63) is 28.2 Å². The molecule has 1 unspecified atom stereocenters. The molecule has 0 spiro atoms. The van der Waals surface area contributed by atoms with Gasteiger partial charge in [-0.25, -0.2) is 0 Å². The Hall–Kier alpha value is -1.56. The number of carboxylic acids is 1. The van der Waals surface area contributed by atoms with Gasteiger partial charge < -0.3 is 15.1 Å². The van der Waals surface area contributed by atoms with Crippen LogP contribution in [0.3, 0.4) is 0 Å². The fourth-order valence-electron chi connectivity index (χ4n) is 2.41. The highest BCUT2D eigenvalue weighted by Crippen LogP contribution is 2.27. The molecule has 2 N–H and O–H groups in total. The van der Waals surface area contributed by atoms with Crippen molar-refractivity contribution in [3.63, 3.8) is 0 Å². The summed E-state index contributed by atoms with van der Waals surface area (Å²) in [7, 11) is 0. The van der Waals surface area contributed by atoms with Crippen LogP contribution in [0.2, 0.25) is 0 Å².